The van der Waals surface area contributed by atoms with Gasteiger partial charge < -0.3 is 20.3 Å². The van der Waals surface area contributed by atoms with Crippen molar-refractivity contribution < 1.29 is 18.7 Å². The zero-order chi connectivity index (χ0) is 23.8. The van der Waals surface area contributed by atoms with E-state index in [1.165, 1.54) is 12.1 Å². The van der Waals surface area contributed by atoms with Crippen molar-refractivity contribution in [3.8, 4) is 5.75 Å². The van der Waals surface area contributed by atoms with Gasteiger partial charge in [0.25, 0.3) is 0 Å². The lowest BCUT2D eigenvalue weighted by molar-refractivity contribution is -0.120. The minimum atomic E-state index is -0.313. The van der Waals surface area contributed by atoms with E-state index in [9.17, 15) is 14.0 Å². The summed E-state index contributed by atoms with van der Waals surface area (Å²) < 4.78 is 19.3. The quantitative estimate of drug-likeness (QED) is 0.435. The number of para-hydroxylation sites is 1. The number of amides is 2. The van der Waals surface area contributed by atoms with Gasteiger partial charge in [-0.3, -0.25) is 9.59 Å². The Morgan fingerprint density at radius 2 is 1.97 bits per heavy atom. The lowest BCUT2D eigenvalue weighted by atomic mass is 10.0. The first-order chi connectivity index (χ1) is 16.0. The number of nitrogens with one attached hydrogen (secondary N) is 2. The van der Waals surface area contributed by atoms with Crippen LogP contribution in [0.5, 0.6) is 5.75 Å². The van der Waals surface area contributed by atoms with Gasteiger partial charge in [-0.05, 0) is 67.4 Å². The number of aryl methyl sites for hydroxylation is 1. The van der Waals surface area contributed by atoms with E-state index < -0.39 is 0 Å². The van der Waals surface area contributed by atoms with Crippen molar-refractivity contribution in [1.82, 2.24) is 10.6 Å². The van der Waals surface area contributed by atoms with Crippen LogP contribution in [-0.4, -0.2) is 39.1 Å². The van der Waals surface area contributed by atoms with Crippen LogP contribution in [-0.2, 0) is 22.6 Å². The largest absolute Gasteiger partial charge is 0.496 e. The molecule has 33 heavy (non-hydrogen) atoms. The first-order valence-electron chi connectivity index (χ1n) is 11.0. The van der Waals surface area contributed by atoms with E-state index in [0.717, 1.165) is 40.4 Å². The number of hydrogen-bond acceptors (Lipinski definition) is 4. The Morgan fingerprint density at radius 1 is 1.18 bits per heavy atom. The number of benzene rings is 3. The summed E-state index contributed by atoms with van der Waals surface area (Å²) in [4.78, 5) is 25.6. The van der Waals surface area contributed by atoms with Crippen molar-refractivity contribution in [2.75, 3.05) is 25.6 Å². The highest BCUT2D eigenvalue weighted by atomic mass is 19.1. The van der Waals surface area contributed by atoms with E-state index in [1.54, 1.807) is 31.2 Å². The van der Waals surface area contributed by atoms with E-state index >= 15 is 0 Å². The number of halogens is 1. The molecule has 0 radical (unpaired) electrons. The number of carbonyl (C=O) groups excluding carboxylic acids is 2. The monoisotopic (exact) mass is 451 g/mol. The van der Waals surface area contributed by atoms with Crippen molar-refractivity contribution in [2.45, 2.75) is 32.4 Å². The minimum Gasteiger partial charge on any atom is -0.496 e. The number of carbonyl (C=O) groups is 2. The van der Waals surface area contributed by atoms with Gasteiger partial charge in [-0.2, -0.15) is 0 Å². The molecular weight excluding hydrogens is 421 g/mol. The van der Waals surface area contributed by atoms with Gasteiger partial charge in [0, 0.05) is 17.3 Å². The molecule has 2 N–H and O–H groups in total. The number of anilines is 1. The van der Waals surface area contributed by atoms with Gasteiger partial charge in [0.1, 0.15) is 11.6 Å². The highest BCUT2D eigenvalue weighted by Gasteiger charge is 2.17. The van der Waals surface area contributed by atoms with E-state index in [0.29, 0.717) is 12.2 Å². The van der Waals surface area contributed by atoms with Crippen molar-refractivity contribution >= 4 is 28.8 Å². The van der Waals surface area contributed by atoms with Crippen molar-refractivity contribution in [3.63, 3.8) is 0 Å². The molecule has 0 bridgehead atoms. The van der Waals surface area contributed by atoms with Crippen LogP contribution in [0.1, 0.15) is 24.5 Å². The Bertz CT molecular complexity index is 1120. The van der Waals surface area contributed by atoms with Crippen molar-refractivity contribution in [2.24, 2.45) is 0 Å². The maximum Gasteiger partial charge on any atom is 0.234 e. The summed E-state index contributed by atoms with van der Waals surface area (Å²) in [5, 5.41) is 7.38. The van der Waals surface area contributed by atoms with Gasteiger partial charge in [-0.25, -0.2) is 4.39 Å². The standard InChI is InChI=1S/C26H30FN3O3/c1-18(29-26(32)15-28-2)8-9-19-6-4-5-7-24(19)30(17-31)16-23-22-12-11-21(27)14-20(22)10-13-25(23)33-3/h4-7,10-14,17-18,28H,8-9,15-16H2,1-3H3,(H,29,32). The van der Waals surface area contributed by atoms with Gasteiger partial charge in [-0.1, -0.05) is 30.3 Å². The lowest BCUT2D eigenvalue weighted by Gasteiger charge is -2.24. The molecule has 1 unspecified atom stereocenters. The molecule has 174 valence electrons. The molecule has 3 rings (SSSR count). The fourth-order valence-corrected chi connectivity index (χ4v) is 3.98. The molecule has 7 heteroatoms. The smallest absolute Gasteiger partial charge is 0.234 e. The Hall–Kier alpha value is -3.45. The van der Waals surface area contributed by atoms with Crippen LogP contribution in [0, 0.1) is 5.82 Å². The number of nitrogens with zero attached hydrogens (tertiary/aromatic N) is 1. The van der Waals surface area contributed by atoms with Crippen molar-refractivity contribution in [3.05, 3.63) is 71.5 Å². The number of methoxy groups -OCH3 is 1. The number of hydrogen-bond donors (Lipinski definition) is 2. The highest BCUT2D eigenvalue weighted by molar-refractivity contribution is 5.89. The summed E-state index contributed by atoms with van der Waals surface area (Å²) in [6.07, 6.45) is 2.23. The van der Waals surface area contributed by atoms with Crippen LogP contribution in [0.25, 0.3) is 10.8 Å². The molecule has 6 nitrogen and oxygen atoms in total. The van der Waals surface area contributed by atoms with Gasteiger partial charge in [0.15, 0.2) is 0 Å². The summed E-state index contributed by atoms with van der Waals surface area (Å²) in [6, 6.07) is 15.9. The zero-order valence-corrected chi connectivity index (χ0v) is 19.2. The third kappa shape index (κ3) is 6.08. The second-order valence-electron chi connectivity index (χ2n) is 8.01. The fraction of sp³-hybridized carbons (Fsp3) is 0.308. The molecule has 0 fully saturated rings. The molecule has 1 atom stereocenters. The maximum atomic E-state index is 13.7. The van der Waals surface area contributed by atoms with E-state index in [-0.39, 0.29) is 30.9 Å². The minimum absolute atomic E-state index is 0.00311. The average Bonchev–Trinajstić information content (AvgIpc) is 2.81. The Labute approximate surface area is 193 Å². The SMILES string of the molecule is CNCC(=O)NC(C)CCc1ccccc1N(C=O)Cc1c(OC)ccc2cc(F)ccc12. The number of rotatable bonds is 11. The predicted octanol–water partition coefficient (Wildman–Crippen LogP) is 3.81. The Balaban J connectivity index is 1.85. The first-order valence-corrected chi connectivity index (χ1v) is 11.0. The first kappa shape index (κ1) is 24.2. The molecular formula is C26H30FN3O3. The maximum absolute atomic E-state index is 13.7. The molecule has 0 heterocycles. The molecule has 3 aromatic rings. The van der Waals surface area contributed by atoms with Gasteiger partial charge >= 0.3 is 0 Å². The molecule has 0 spiro atoms. The Morgan fingerprint density at radius 3 is 2.70 bits per heavy atom. The van der Waals surface area contributed by atoms with Crippen molar-refractivity contribution in [1.29, 1.82) is 0 Å². The predicted molar refractivity (Wildman–Crippen MR) is 129 cm³/mol. The molecule has 0 aliphatic heterocycles. The Kier molecular flexibility index (Phi) is 8.38. The molecule has 0 saturated carbocycles. The molecule has 0 aliphatic carbocycles. The topological polar surface area (TPSA) is 70.7 Å². The van der Waals surface area contributed by atoms with Crippen LogP contribution < -0.4 is 20.3 Å². The molecule has 0 aromatic heterocycles. The van der Waals surface area contributed by atoms with Crippen LogP contribution >= 0.6 is 0 Å². The molecule has 2 amide bonds. The van der Waals surface area contributed by atoms with E-state index in [2.05, 4.69) is 10.6 Å². The van der Waals surface area contributed by atoms with E-state index in [1.807, 2.05) is 37.3 Å². The normalized spacial score (nSPS) is 11.8. The third-order valence-electron chi connectivity index (χ3n) is 5.62. The highest BCUT2D eigenvalue weighted by Crippen LogP contribution is 2.32. The van der Waals surface area contributed by atoms with E-state index in [4.69, 9.17) is 4.74 Å². The van der Waals surface area contributed by atoms with Crippen LogP contribution in [0.3, 0.4) is 0 Å². The summed E-state index contributed by atoms with van der Waals surface area (Å²) in [7, 11) is 3.31. The second kappa shape index (κ2) is 11.4. The lowest BCUT2D eigenvalue weighted by Crippen LogP contribution is -2.38. The second-order valence-corrected chi connectivity index (χ2v) is 8.01. The molecule has 0 aliphatic rings. The zero-order valence-electron chi connectivity index (χ0n) is 19.2. The van der Waals surface area contributed by atoms with Crippen LogP contribution in [0.2, 0.25) is 0 Å². The third-order valence-corrected chi connectivity index (χ3v) is 5.62. The van der Waals surface area contributed by atoms with Gasteiger partial charge in [0.2, 0.25) is 12.3 Å². The number of fused-ring (bicyclic) bond motifs is 1. The number of likely N-dealkylation sites (N-methyl/N-ethyl adjacent to an activating group) is 1. The summed E-state index contributed by atoms with van der Waals surface area (Å²) in [5.41, 5.74) is 2.61. The van der Waals surface area contributed by atoms with Crippen LogP contribution in [0.15, 0.2) is 54.6 Å². The summed E-state index contributed by atoms with van der Waals surface area (Å²) in [5.74, 6) is 0.277. The molecule has 3 aromatic carbocycles. The summed E-state index contributed by atoms with van der Waals surface area (Å²) >= 11 is 0. The van der Waals surface area contributed by atoms with Gasteiger partial charge in [-0.15, -0.1) is 0 Å². The van der Waals surface area contributed by atoms with Crippen LogP contribution in [0.4, 0.5) is 10.1 Å². The summed E-state index contributed by atoms with van der Waals surface area (Å²) in [6.45, 7) is 2.52. The fourth-order valence-electron chi connectivity index (χ4n) is 3.98. The molecule has 0 saturated heterocycles. The number of ether oxygens (including phenoxy) is 1. The average molecular weight is 452 g/mol. The van der Waals surface area contributed by atoms with Gasteiger partial charge in [0.05, 0.1) is 20.2 Å².